The standard InChI is InChI=1S/C11H9F3N2/c1-2-5-3-6-7(12)4-8(13)9(14)10(6)16-11(5)15/h3-4H,2H2,1H3,(H2,15,16). The molecule has 0 fully saturated rings. The van der Waals surface area contributed by atoms with Gasteiger partial charge < -0.3 is 5.73 Å². The van der Waals surface area contributed by atoms with Gasteiger partial charge in [-0.05, 0) is 18.1 Å². The van der Waals surface area contributed by atoms with Gasteiger partial charge in [0, 0.05) is 11.5 Å². The van der Waals surface area contributed by atoms with E-state index in [1.165, 1.54) is 6.07 Å². The van der Waals surface area contributed by atoms with Gasteiger partial charge in [-0.25, -0.2) is 18.2 Å². The summed E-state index contributed by atoms with van der Waals surface area (Å²) in [6.07, 6.45) is 0.549. The van der Waals surface area contributed by atoms with Gasteiger partial charge in [0.05, 0.1) is 0 Å². The van der Waals surface area contributed by atoms with Crippen molar-refractivity contribution in [1.82, 2.24) is 4.98 Å². The van der Waals surface area contributed by atoms with Gasteiger partial charge in [0.25, 0.3) is 0 Å². The Morgan fingerprint density at radius 1 is 1.19 bits per heavy atom. The minimum atomic E-state index is -1.26. The van der Waals surface area contributed by atoms with Gasteiger partial charge in [-0.2, -0.15) is 0 Å². The third kappa shape index (κ3) is 1.48. The highest BCUT2D eigenvalue weighted by Crippen LogP contribution is 2.25. The zero-order valence-corrected chi connectivity index (χ0v) is 8.52. The van der Waals surface area contributed by atoms with Crippen molar-refractivity contribution >= 4 is 16.7 Å². The maximum atomic E-state index is 13.4. The van der Waals surface area contributed by atoms with E-state index in [0.717, 1.165) is 0 Å². The van der Waals surface area contributed by atoms with Gasteiger partial charge >= 0.3 is 0 Å². The van der Waals surface area contributed by atoms with E-state index >= 15 is 0 Å². The van der Waals surface area contributed by atoms with E-state index in [2.05, 4.69) is 4.98 Å². The van der Waals surface area contributed by atoms with Crippen LogP contribution in [0.4, 0.5) is 19.0 Å². The molecule has 0 spiro atoms. The second kappa shape index (κ2) is 3.66. The molecule has 0 aliphatic heterocycles. The van der Waals surface area contributed by atoms with Crippen LogP contribution in [-0.2, 0) is 6.42 Å². The van der Waals surface area contributed by atoms with E-state index in [1.807, 2.05) is 6.92 Å². The number of benzene rings is 1. The van der Waals surface area contributed by atoms with Crippen LogP contribution in [0, 0.1) is 17.5 Å². The number of halogens is 3. The Bertz CT molecular complexity index is 567. The lowest BCUT2D eigenvalue weighted by molar-refractivity contribution is 0.504. The number of pyridine rings is 1. The molecule has 1 aromatic carbocycles. The minimum absolute atomic E-state index is 0.0510. The number of hydrogen-bond acceptors (Lipinski definition) is 2. The second-order valence-electron chi connectivity index (χ2n) is 3.44. The van der Waals surface area contributed by atoms with Gasteiger partial charge in [0.1, 0.15) is 17.2 Å². The fourth-order valence-corrected chi connectivity index (χ4v) is 1.57. The maximum absolute atomic E-state index is 13.4. The highest BCUT2D eigenvalue weighted by Gasteiger charge is 2.15. The Labute approximate surface area is 89.9 Å². The Hall–Kier alpha value is -1.78. The van der Waals surface area contributed by atoms with E-state index in [-0.39, 0.29) is 16.7 Å². The summed E-state index contributed by atoms with van der Waals surface area (Å²) >= 11 is 0. The topological polar surface area (TPSA) is 38.9 Å². The quantitative estimate of drug-likeness (QED) is 0.759. The molecule has 1 heterocycles. The normalized spacial score (nSPS) is 11.0. The molecule has 2 rings (SSSR count). The van der Waals surface area contributed by atoms with Crippen molar-refractivity contribution in [3.63, 3.8) is 0 Å². The van der Waals surface area contributed by atoms with Gasteiger partial charge in [0.2, 0.25) is 0 Å². The Morgan fingerprint density at radius 3 is 2.50 bits per heavy atom. The number of nitrogens with zero attached hydrogens (tertiary/aromatic N) is 1. The van der Waals surface area contributed by atoms with Crippen LogP contribution in [0.25, 0.3) is 10.9 Å². The molecule has 0 amide bonds. The molecule has 0 saturated heterocycles. The van der Waals surface area contributed by atoms with Gasteiger partial charge in [0.15, 0.2) is 11.6 Å². The van der Waals surface area contributed by atoms with Crippen LogP contribution >= 0.6 is 0 Å². The first-order valence-electron chi connectivity index (χ1n) is 4.77. The molecule has 84 valence electrons. The fraction of sp³-hybridized carbons (Fsp3) is 0.182. The van der Waals surface area contributed by atoms with E-state index < -0.39 is 17.5 Å². The molecule has 0 radical (unpaired) electrons. The molecular weight excluding hydrogens is 217 g/mol. The van der Waals surface area contributed by atoms with E-state index in [1.54, 1.807) is 0 Å². The van der Waals surface area contributed by atoms with Crippen molar-refractivity contribution in [2.24, 2.45) is 0 Å². The van der Waals surface area contributed by atoms with Gasteiger partial charge in [-0.15, -0.1) is 0 Å². The predicted molar refractivity (Wildman–Crippen MR) is 55.4 cm³/mol. The average molecular weight is 226 g/mol. The van der Waals surface area contributed by atoms with Crippen molar-refractivity contribution in [1.29, 1.82) is 0 Å². The molecular formula is C11H9F3N2. The van der Waals surface area contributed by atoms with E-state index in [0.29, 0.717) is 18.1 Å². The lowest BCUT2D eigenvalue weighted by Gasteiger charge is -2.06. The average Bonchev–Trinajstić information content (AvgIpc) is 2.25. The van der Waals surface area contributed by atoms with Crippen LogP contribution in [0.1, 0.15) is 12.5 Å². The molecule has 16 heavy (non-hydrogen) atoms. The zero-order chi connectivity index (χ0) is 11.9. The van der Waals surface area contributed by atoms with Crippen molar-refractivity contribution in [2.75, 3.05) is 5.73 Å². The van der Waals surface area contributed by atoms with Crippen molar-refractivity contribution in [2.45, 2.75) is 13.3 Å². The second-order valence-corrected chi connectivity index (χ2v) is 3.44. The highest BCUT2D eigenvalue weighted by atomic mass is 19.2. The smallest absolute Gasteiger partial charge is 0.185 e. The van der Waals surface area contributed by atoms with Gasteiger partial charge in [-0.3, -0.25) is 0 Å². The summed E-state index contributed by atoms with van der Waals surface area (Å²) in [6, 6.07) is 1.91. The van der Waals surface area contributed by atoms with Crippen LogP contribution in [-0.4, -0.2) is 4.98 Å². The van der Waals surface area contributed by atoms with Crippen LogP contribution in [0.15, 0.2) is 12.1 Å². The summed E-state index contributed by atoms with van der Waals surface area (Å²) in [7, 11) is 0. The molecule has 0 aliphatic carbocycles. The zero-order valence-electron chi connectivity index (χ0n) is 8.52. The number of rotatable bonds is 1. The molecule has 2 aromatic rings. The summed E-state index contributed by atoms with van der Waals surface area (Å²) in [5.74, 6) is -3.18. The molecule has 2 nitrogen and oxygen atoms in total. The molecule has 1 aromatic heterocycles. The number of anilines is 1. The van der Waals surface area contributed by atoms with Crippen LogP contribution < -0.4 is 5.73 Å². The fourth-order valence-electron chi connectivity index (χ4n) is 1.57. The number of aromatic nitrogens is 1. The van der Waals surface area contributed by atoms with Crippen molar-refractivity contribution in [3.05, 3.63) is 35.1 Å². The van der Waals surface area contributed by atoms with Crippen molar-refractivity contribution in [3.8, 4) is 0 Å². The van der Waals surface area contributed by atoms with Crippen LogP contribution in [0.3, 0.4) is 0 Å². The molecule has 5 heteroatoms. The molecule has 0 unspecified atom stereocenters. The van der Waals surface area contributed by atoms with Crippen molar-refractivity contribution < 1.29 is 13.2 Å². The van der Waals surface area contributed by atoms with Gasteiger partial charge in [-0.1, -0.05) is 6.92 Å². The SMILES string of the molecule is CCc1cc2c(F)cc(F)c(F)c2nc1N. The third-order valence-corrected chi connectivity index (χ3v) is 2.44. The number of nitrogen functional groups attached to an aromatic ring is 1. The van der Waals surface area contributed by atoms with E-state index in [4.69, 9.17) is 5.73 Å². The molecule has 0 bridgehead atoms. The lowest BCUT2D eigenvalue weighted by atomic mass is 10.1. The minimum Gasteiger partial charge on any atom is -0.383 e. The third-order valence-electron chi connectivity index (χ3n) is 2.44. The first-order valence-corrected chi connectivity index (χ1v) is 4.77. The number of nitrogens with two attached hydrogens (primary N) is 1. The van der Waals surface area contributed by atoms with E-state index in [9.17, 15) is 13.2 Å². The number of fused-ring (bicyclic) bond motifs is 1. The first kappa shape index (κ1) is 10.7. The summed E-state index contributed by atoms with van der Waals surface area (Å²) in [4.78, 5) is 3.69. The number of aryl methyl sites for hydroxylation is 1. The van der Waals surface area contributed by atoms with Crippen LogP contribution in [0.2, 0.25) is 0 Å². The Balaban J connectivity index is 2.90. The lowest BCUT2D eigenvalue weighted by Crippen LogP contribution is -2.01. The molecule has 0 atom stereocenters. The molecule has 2 N–H and O–H groups in total. The monoisotopic (exact) mass is 226 g/mol. The summed E-state index contributed by atoms with van der Waals surface area (Å²) in [5.41, 5.74) is 5.78. The Kier molecular flexibility index (Phi) is 2.46. The molecule has 0 aliphatic rings. The largest absolute Gasteiger partial charge is 0.383 e. The summed E-state index contributed by atoms with van der Waals surface area (Å²) in [5, 5.41) is -0.0510. The molecule has 0 saturated carbocycles. The summed E-state index contributed by atoms with van der Waals surface area (Å²) in [6.45, 7) is 1.82. The predicted octanol–water partition coefficient (Wildman–Crippen LogP) is 2.80. The first-order chi connectivity index (χ1) is 7.54. The maximum Gasteiger partial charge on any atom is 0.185 e. The highest BCUT2D eigenvalue weighted by molar-refractivity contribution is 5.82. The van der Waals surface area contributed by atoms with Crippen LogP contribution in [0.5, 0.6) is 0 Å². The Morgan fingerprint density at radius 2 is 1.88 bits per heavy atom. The number of hydrogen-bond donors (Lipinski definition) is 1. The summed E-state index contributed by atoms with van der Waals surface area (Å²) < 4.78 is 39.6.